The number of carbonyl (C=O) groups excluding carboxylic acids is 2. The Bertz CT molecular complexity index is 587. The minimum atomic E-state index is -0.883. The summed E-state index contributed by atoms with van der Waals surface area (Å²) in [5, 5.41) is 8.61. The molecule has 0 bridgehead atoms. The van der Waals surface area contributed by atoms with Crippen molar-refractivity contribution >= 4 is 17.7 Å². The van der Waals surface area contributed by atoms with Crippen LogP contribution in [0.1, 0.15) is 57.9 Å². The summed E-state index contributed by atoms with van der Waals surface area (Å²) in [6.45, 7) is 2.06. The fraction of sp³-hybridized carbons (Fsp3) is 0.533. The van der Waals surface area contributed by atoms with Gasteiger partial charge in [-0.25, -0.2) is 0 Å². The number of aliphatic carboxylic acids is 1. The van der Waals surface area contributed by atoms with Gasteiger partial charge in [-0.3, -0.25) is 14.4 Å². The van der Waals surface area contributed by atoms with Crippen molar-refractivity contribution in [1.29, 1.82) is 0 Å². The number of aryl methyl sites for hydroxylation is 1. The van der Waals surface area contributed by atoms with Crippen LogP contribution in [0.3, 0.4) is 0 Å². The second-order valence-corrected chi connectivity index (χ2v) is 5.36. The summed E-state index contributed by atoms with van der Waals surface area (Å²) < 4.78 is 5.59. The molecule has 1 aliphatic rings. The van der Waals surface area contributed by atoms with Crippen molar-refractivity contribution in [1.82, 2.24) is 4.90 Å². The van der Waals surface area contributed by atoms with Gasteiger partial charge >= 0.3 is 5.97 Å². The highest BCUT2D eigenvalue weighted by Gasteiger charge is 2.29. The van der Waals surface area contributed by atoms with Crippen LogP contribution < -0.4 is 0 Å². The Balaban J connectivity index is 2.13. The SMILES string of the molecule is Cc1c(C(=O)N(C)CCCC(=O)O)oc2c1C(=O)CCC2. The van der Waals surface area contributed by atoms with Crippen molar-refractivity contribution in [2.75, 3.05) is 13.6 Å². The van der Waals surface area contributed by atoms with E-state index in [1.807, 2.05) is 0 Å². The number of carbonyl (C=O) groups is 3. The van der Waals surface area contributed by atoms with E-state index < -0.39 is 5.97 Å². The van der Waals surface area contributed by atoms with E-state index in [0.717, 1.165) is 6.42 Å². The molecule has 0 atom stereocenters. The first kappa shape index (κ1) is 15.3. The van der Waals surface area contributed by atoms with Crippen molar-refractivity contribution in [2.24, 2.45) is 0 Å². The lowest BCUT2D eigenvalue weighted by Gasteiger charge is -2.15. The zero-order valence-electron chi connectivity index (χ0n) is 12.3. The molecule has 1 amide bonds. The van der Waals surface area contributed by atoms with Crippen LogP contribution in [0.15, 0.2) is 4.42 Å². The van der Waals surface area contributed by atoms with Crippen LogP contribution in [-0.2, 0) is 11.2 Å². The van der Waals surface area contributed by atoms with Gasteiger partial charge in [-0.2, -0.15) is 0 Å². The van der Waals surface area contributed by atoms with Gasteiger partial charge in [-0.15, -0.1) is 0 Å². The second kappa shape index (κ2) is 6.11. The summed E-state index contributed by atoms with van der Waals surface area (Å²) in [7, 11) is 1.60. The summed E-state index contributed by atoms with van der Waals surface area (Å²) in [5.74, 6) is -0.352. The van der Waals surface area contributed by atoms with Gasteiger partial charge in [0.2, 0.25) is 0 Å². The van der Waals surface area contributed by atoms with Gasteiger partial charge in [0.15, 0.2) is 11.5 Å². The Hall–Kier alpha value is -2.11. The smallest absolute Gasteiger partial charge is 0.303 e. The molecule has 0 unspecified atom stereocenters. The molecule has 1 aromatic rings. The van der Waals surface area contributed by atoms with E-state index in [-0.39, 0.29) is 23.9 Å². The molecule has 0 aromatic carbocycles. The second-order valence-electron chi connectivity index (χ2n) is 5.36. The molecule has 0 saturated heterocycles. The van der Waals surface area contributed by atoms with Gasteiger partial charge in [0, 0.05) is 38.4 Å². The van der Waals surface area contributed by atoms with Crippen molar-refractivity contribution in [3.05, 3.63) is 22.6 Å². The monoisotopic (exact) mass is 293 g/mol. The molecule has 6 heteroatoms. The maximum atomic E-state index is 12.3. The van der Waals surface area contributed by atoms with Crippen molar-refractivity contribution in [2.45, 2.75) is 39.0 Å². The number of fused-ring (bicyclic) bond motifs is 1. The van der Waals surface area contributed by atoms with Crippen LogP contribution in [0.25, 0.3) is 0 Å². The molecular formula is C15H19NO5. The Labute approximate surface area is 122 Å². The highest BCUT2D eigenvalue weighted by Crippen LogP contribution is 2.29. The Morgan fingerprint density at radius 1 is 1.33 bits per heavy atom. The topological polar surface area (TPSA) is 87.8 Å². The van der Waals surface area contributed by atoms with Crippen molar-refractivity contribution in [3.8, 4) is 0 Å². The minimum absolute atomic E-state index is 0.0176. The normalized spacial score (nSPS) is 13.9. The average molecular weight is 293 g/mol. The van der Waals surface area contributed by atoms with E-state index in [9.17, 15) is 14.4 Å². The van der Waals surface area contributed by atoms with Crippen LogP contribution in [-0.4, -0.2) is 41.3 Å². The van der Waals surface area contributed by atoms with Crippen LogP contribution in [0, 0.1) is 6.92 Å². The quantitative estimate of drug-likeness (QED) is 0.897. The molecule has 6 nitrogen and oxygen atoms in total. The summed E-state index contributed by atoms with van der Waals surface area (Å²) in [6.07, 6.45) is 2.33. The number of carboxylic acids is 1. The average Bonchev–Trinajstić information content (AvgIpc) is 2.76. The molecule has 0 saturated carbocycles. The van der Waals surface area contributed by atoms with E-state index in [4.69, 9.17) is 9.52 Å². The van der Waals surface area contributed by atoms with E-state index in [1.165, 1.54) is 4.90 Å². The summed E-state index contributed by atoms with van der Waals surface area (Å²) in [4.78, 5) is 36.2. The molecule has 0 aliphatic heterocycles. The third kappa shape index (κ3) is 3.15. The number of hydrogen-bond donors (Lipinski definition) is 1. The number of amides is 1. The van der Waals surface area contributed by atoms with Crippen LogP contribution in [0.2, 0.25) is 0 Å². The Morgan fingerprint density at radius 3 is 2.67 bits per heavy atom. The molecular weight excluding hydrogens is 274 g/mol. The van der Waals surface area contributed by atoms with E-state index in [1.54, 1.807) is 14.0 Å². The van der Waals surface area contributed by atoms with Crippen molar-refractivity contribution in [3.63, 3.8) is 0 Å². The largest absolute Gasteiger partial charge is 0.481 e. The fourth-order valence-electron chi connectivity index (χ4n) is 2.60. The summed E-state index contributed by atoms with van der Waals surface area (Å²) >= 11 is 0. The first-order valence-corrected chi connectivity index (χ1v) is 7.04. The van der Waals surface area contributed by atoms with Gasteiger partial charge in [0.05, 0.1) is 5.56 Å². The van der Waals surface area contributed by atoms with Crippen LogP contribution in [0.5, 0.6) is 0 Å². The fourth-order valence-corrected chi connectivity index (χ4v) is 2.60. The molecule has 2 rings (SSSR count). The van der Waals surface area contributed by atoms with Crippen LogP contribution >= 0.6 is 0 Å². The molecule has 21 heavy (non-hydrogen) atoms. The molecule has 1 heterocycles. The standard InChI is InChI=1S/C15H19NO5/c1-9-13-10(17)5-3-6-11(13)21-14(9)15(20)16(2)8-4-7-12(18)19/h3-8H2,1-2H3,(H,18,19). The number of nitrogens with zero attached hydrogens (tertiary/aromatic N) is 1. The number of Topliss-reactive ketones (excluding diaryl/α,β-unsaturated/α-hetero) is 1. The molecule has 1 N–H and O–H groups in total. The third-order valence-corrected chi connectivity index (χ3v) is 3.73. The third-order valence-electron chi connectivity index (χ3n) is 3.73. The predicted octanol–water partition coefficient (Wildman–Crippen LogP) is 2.04. The van der Waals surface area contributed by atoms with Gasteiger partial charge in [0.1, 0.15) is 5.76 Å². The number of ketones is 1. The number of rotatable bonds is 5. The predicted molar refractivity (Wildman–Crippen MR) is 74.5 cm³/mol. The zero-order chi connectivity index (χ0) is 15.6. The minimum Gasteiger partial charge on any atom is -0.481 e. The highest BCUT2D eigenvalue weighted by molar-refractivity contribution is 6.03. The van der Waals surface area contributed by atoms with Crippen molar-refractivity contribution < 1.29 is 23.9 Å². The van der Waals surface area contributed by atoms with Gasteiger partial charge in [0.25, 0.3) is 5.91 Å². The van der Waals surface area contributed by atoms with Crippen LogP contribution in [0.4, 0.5) is 0 Å². The highest BCUT2D eigenvalue weighted by atomic mass is 16.4. The first-order valence-electron chi connectivity index (χ1n) is 7.04. The Kier molecular flexibility index (Phi) is 4.45. The lowest BCUT2D eigenvalue weighted by atomic mass is 9.94. The lowest BCUT2D eigenvalue weighted by Crippen LogP contribution is -2.28. The molecule has 1 aliphatic carbocycles. The maximum absolute atomic E-state index is 12.3. The zero-order valence-corrected chi connectivity index (χ0v) is 12.3. The lowest BCUT2D eigenvalue weighted by molar-refractivity contribution is -0.137. The van der Waals surface area contributed by atoms with Gasteiger partial charge in [-0.1, -0.05) is 0 Å². The Morgan fingerprint density at radius 2 is 2.05 bits per heavy atom. The van der Waals surface area contributed by atoms with E-state index in [2.05, 4.69) is 0 Å². The van der Waals surface area contributed by atoms with Gasteiger partial charge < -0.3 is 14.4 Å². The molecule has 0 fully saturated rings. The molecule has 0 radical (unpaired) electrons. The number of furan rings is 1. The summed E-state index contributed by atoms with van der Waals surface area (Å²) in [5.41, 5.74) is 1.16. The number of carboxylic acid groups (broad SMARTS) is 1. The molecule has 1 aromatic heterocycles. The maximum Gasteiger partial charge on any atom is 0.303 e. The van der Waals surface area contributed by atoms with E-state index >= 15 is 0 Å². The number of hydrogen-bond acceptors (Lipinski definition) is 4. The van der Waals surface area contributed by atoms with Gasteiger partial charge in [-0.05, 0) is 19.8 Å². The van der Waals surface area contributed by atoms with E-state index in [0.29, 0.717) is 42.7 Å². The first-order chi connectivity index (χ1) is 9.91. The molecule has 114 valence electrons. The summed E-state index contributed by atoms with van der Waals surface area (Å²) in [6, 6.07) is 0. The molecule has 0 spiro atoms.